The Morgan fingerprint density at radius 1 is 0.545 bits per heavy atom. The molecule has 9 aromatic carbocycles. The van der Waals surface area contributed by atoms with E-state index in [4.69, 9.17) is 0 Å². The molecule has 0 atom stereocenters. The average Bonchev–Trinajstić information content (AvgIpc) is 3.57. The maximum absolute atomic E-state index is 4.14. The molecule has 0 radical (unpaired) electrons. The summed E-state index contributed by atoms with van der Waals surface area (Å²) < 4.78 is 1.12. The first-order valence-electron chi connectivity index (χ1n) is 15.1. The summed E-state index contributed by atoms with van der Waals surface area (Å²) in [5.41, 5.74) is 4.97. The Balaban J connectivity index is 1.70. The van der Waals surface area contributed by atoms with E-state index in [2.05, 4.69) is 157 Å². The first-order chi connectivity index (χ1) is 21.7. The molecule has 0 fully saturated rings. The van der Waals surface area contributed by atoms with Crippen molar-refractivity contribution >= 4 is 96.9 Å². The van der Waals surface area contributed by atoms with Crippen LogP contribution in [0.2, 0.25) is 0 Å². The third-order valence-corrected chi connectivity index (χ3v) is 10.2. The zero-order valence-electron chi connectivity index (χ0n) is 24.3. The molecule has 0 heterocycles. The summed E-state index contributed by atoms with van der Waals surface area (Å²) in [6.07, 6.45) is 8.48. The van der Waals surface area contributed by atoms with E-state index >= 15 is 0 Å². The van der Waals surface area contributed by atoms with Crippen LogP contribution in [0, 0.1) is 0 Å². The second-order valence-electron chi connectivity index (χ2n) is 11.7. The topological polar surface area (TPSA) is 0 Å². The number of benzene rings is 7. The van der Waals surface area contributed by atoms with Gasteiger partial charge in [-0.15, -0.1) is 0 Å². The minimum atomic E-state index is 1.12. The number of allylic oxidation sites excluding steroid dienone is 5. The Labute approximate surface area is 264 Å². The lowest BCUT2D eigenvalue weighted by molar-refractivity contribution is 1.68. The summed E-state index contributed by atoms with van der Waals surface area (Å²) in [5, 5.41) is 18.2. The van der Waals surface area contributed by atoms with Gasteiger partial charge < -0.3 is 0 Å². The molecule has 9 rings (SSSR count). The van der Waals surface area contributed by atoms with Crippen molar-refractivity contribution in [3.63, 3.8) is 0 Å². The molecule has 0 aliphatic heterocycles. The van der Waals surface area contributed by atoms with Crippen molar-refractivity contribution in [2.24, 2.45) is 0 Å². The van der Waals surface area contributed by atoms with Gasteiger partial charge in [-0.1, -0.05) is 144 Å². The molecule has 0 aliphatic carbocycles. The number of halogens is 1. The van der Waals surface area contributed by atoms with Crippen LogP contribution in [-0.4, -0.2) is 0 Å². The van der Waals surface area contributed by atoms with E-state index in [1.54, 1.807) is 0 Å². The molecule has 0 unspecified atom stereocenters. The molecule has 9 aromatic rings. The number of hydrogen-bond acceptors (Lipinski definition) is 0. The molecule has 0 N–H and O–H groups in total. The van der Waals surface area contributed by atoms with E-state index in [1.807, 2.05) is 6.08 Å². The van der Waals surface area contributed by atoms with Crippen molar-refractivity contribution < 1.29 is 0 Å². The monoisotopic (exact) mass is 622 g/mol. The van der Waals surface area contributed by atoms with Crippen LogP contribution in [0.15, 0.2) is 145 Å². The lowest BCUT2D eigenvalue weighted by Crippen LogP contribution is -1.93. The van der Waals surface area contributed by atoms with Crippen LogP contribution >= 0.6 is 15.9 Å². The van der Waals surface area contributed by atoms with Crippen molar-refractivity contribution in [2.75, 3.05) is 0 Å². The summed E-state index contributed by atoms with van der Waals surface area (Å²) in [5.74, 6) is 0. The van der Waals surface area contributed by atoms with Crippen LogP contribution < -0.4 is 0 Å². The van der Waals surface area contributed by atoms with E-state index in [0.29, 0.717) is 0 Å². The van der Waals surface area contributed by atoms with Gasteiger partial charge in [-0.3, -0.25) is 0 Å². The standard InChI is InChI=1S/C43H27Br/c1-3-12-25(13-4-2)37-35-24-34-28-17-9-8-16-27(28)29-18-10-20-31(39(29)34)41(35)38(26-14-6-5-7-15-26)43-32-21-11-19-30-36(44)23-22-33(40(30)32)42(37)43/h3-24H,1H2,2H3/b13-4-,25-12+. The van der Waals surface area contributed by atoms with Crippen molar-refractivity contribution in [3.05, 3.63) is 150 Å². The largest absolute Gasteiger partial charge is 0.0990 e. The highest BCUT2D eigenvalue weighted by Gasteiger charge is 2.26. The van der Waals surface area contributed by atoms with Gasteiger partial charge in [0.25, 0.3) is 0 Å². The van der Waals surface area contributed by atoms with E-state index in [9.17, 15) is 0 Å². The van der Waals surface area contributed by atoms with Crippen LogP contribution in [0.5, 0.6) is 0 Å². The second kappa shape index (κ2) is 9.51. The summed E-state index contributed by atoms with van der Waals surface area (Å²) in [7, 11) is 0. The van der Waals surface area contributed by atoms with Crippen molar-refractivity contribution in [1.82, 2.24) is 0 Å². The molecule has 0 aromatic heterocycles. The van der Waals surface area contributed by atoms with Gasteiger partial charge in [-0.2, -0.15) is 0 Å². The molecule has 0 saturated heterocycles. The Hall–Kier alpha value is -4.98. The second-order valence-corrected chi connectivity index (χ2v) is 12.5. The van der Waals surface area contributed by atoms with E-state index in [1.165, 1.54) is 97.7 Å². The highest BCUT2D eigenvalue weighted by atomic mass is 79.9. The Morgan fingerprint density at radius 2 is 1.16 bits per heavy atom. The van der Waals surface area contributed by atoms with Gasteiger partial charge in [0.05, 0.1) is 0 Å². The zero-order valence-corrected chi connectivity index (χ0v) is 25.9. The number of hydrogen-bond donors (Lipinski definition) is 0. The normalized spacial score (nSPS) is 12.9. The molecule has 206 valence electrons. The highest BCUT2D eigenvalue weighted by Crippen LogP contribution is 2.54. The van der Waals surface area contributed by atoms with Crippen LogP contribution in [-0.2, 0) is 0 Å². The predicted octanol–water partition coefficient (Wildman–Crippen LogP) is 13.2. The quantitative estimate of drug-likeness (QED) is 0.135. The summed E-state index contributed by atoms with van der Waals surface area (Å²) in [6.45, 7) is 6.24. The van der Waals surface area contributed by atoms with Gasteiger partial charge in [0.2, 0.25) is 0 Å². The summed E-state index contributed by atoms with van der Waals surface area (Å²) in [4.78, 5) is 0. The van der Waals surface area contributed by atoms with E-state index < -0.39 is 0 Å². The van der Waals surface area contributed by atoms with Crippen LogP contribution in [0.1, 0.15) is 12.5 Å². The Kier molecular flexibility index (Phi) is 5.51. The summed E-state index contributed by atoms with van der Waals surface area (Å²) >= 11 is 3.88. The average molecular weight is 624 g/mol. The lowest BCUT2D eigenvalue weighted by atomic mass is 9.83. The van der Waals surface area contributed by atoms with Crippen LogP contribution in [0.25, 0.3) is 92.1 Å². The van der Waals surface area contributed by atoms with Crippen molar-refractivity contribution in [1.29, 1.82) is 0 Å². The molecule has 0 spiro atoms. The SMILES string of the molecule is C=C/C=C(\C=C/C)c1c2cc3c4ccccc4c4cccc(c2c(-c2ccccc2)c2c5cccc6c(Br)ccc(c12)c65)c43. The lowest BCUT2D eigenvalue weighted by Gasteiger charge is -2.19. The van der Waals surface area contributed by atoms with Crippen LogP contribution in [0.3, 0.4) is 0 Å². The first kappa shape index (κ1) is 25.5. The molecular weight excluding hydrogens is 596 g/mol. The molecular formula is C43H27Br. The van der Waals surface area contributed by atoms with Gasteiger partial charge in [0.15, 0.2) is 0 Å². The Bertz CT molecular complexity index is 2670. The fourth-order valence-electron chi connectivity index (χ4n) is 7.90. The minimum absolute atomic E-state index is 1.12. The van der Waals surface area contributed by atoms with Crippen molar-refractivity contribution in [2.45, 2.75) is 6.92 Å². The number of fused-ring (bicyclic) bond motifs is 8. The fourth-order valence-corrected chi connectivity index (χ4v) is 8.36. The maximum atomic E-state index is 4.14. The molecule has 1 heteroatoms. The van der Waals surface area contributed by atoms with Gasteiger partial charge in [-0.25, -0.2) is 0 Å². The molecule has 0 nitrogen and oxygen atoms in total. The van der Waals surface area contributed by atoms with Gasteiger partial charge >= 0.3 is 0 Å². The third-order valence-electron chi connectivity index (χ3n) is 9.46. The van der Waals surface area contributed by atoms with E-state index in [-0.39, 0.29) is 0 Å². The van der Waals surface area contributed by atoms with Gasteiger partial charge in [-0.05, 0) is 117 Å². The molecule has 0 saturated carbocycles. The maximum Gasteiger partial charge on any atom is 0.0254 e. The fraction of sp³-hybridized carbons (Fsp3) is 0.0233. The third kappa shape index (κ3) is 3.28. The van der Waals surface area contributed by atoms with Gasteiger partial charge in [0.1, 0.15) is 0 Å². The highest BCUT2D eigenvalue weighted by molar-refractivity contribution is 9.10. The minimum Gasteiger partial charge on any atom is -0.0990 e. The molecule has 0 bridgehead atoms. The van der Waals surface area contributed by atoms with Crippen LogP contribution in [0.4, 0.5) is 0 Å². The molecule has 0 amide bonds. The first-order valence-corrected chi connectivity index (χ1v) is 15.9. The van der Waals surface area contributed by atoms with E-state index in [0.717, 1.165) is 4.47 Å². The molecule has 0 aliphatic rings. The smallest absolute Gasteiger partial charge is 0.0254 e. The van der Waals surface area contributed by atoms with Gasteiger partial charge in [0, 0.05) is 4.47 Å². The summed E-state index contributed by atoms with van der Waals surface area (Å²) in [6, 6.07) is 40.5. The van der Waals surface area contributed by atoms with Crippen molar-refractivity contribution in [3.8, 4) is 11.1 Å². The number of rotatable bonds is 4. The zero-order chi connectivity index (χ0) is 29.5. The Morgan fingerprint density at radius 3 is 1.91 bits per heavy atom. The predicted molar refractivity (Wildman–Crippen MR) is 197 cm³/mol. The molecule has 44 heavy (non-hydrogen) atoms.